The summed E-state index contributed by atoms with van der Waals surface area (Å²) >= 11 is 0. The third kappa shape index (κ3) is 4.50. The number of amides is 1. The maximum Gasteiger partial charge on any atom is 0.326 e. The second-order valence-corrected chi connectivity index (χ2v) is 6.78. The van der Waals surface area contributed by atoms with Gasteiger partial charge in [-0.25, -0.2) is 4.98 Å². The standard InChI is InChI=1S/C19H22N4O4/c1-12(2)19(4,10-20)22-17(25)13(3)27-16(24)9-23-11-21-15-8-6-5-7-14(15)18(23)26/h5-8,11-13H,9H2,1-4H3,(H,22,25)/t13-,19+/m1/s1. The summed E-state index contributed by atoms with van der Waals surface area (Å²) in [6.07, 6.45) is 0.162. The van der Waals surface area contributed by atoms with Crippen molar-refractivity contribution in [3.8, 4) is 6.07 Å². The van der Waals surface area contributed by atoms with Gasteiger partial charge in [0.1, 0.15) is 12.1 Å². The molecule has 0 spiro atoms. The first kappa shape index (κ1) is 20.1. The molecule has 0 aliphatic rings. The quantitative estimate of drug-likeness (QED) is 0.769. The molecule has 0 saturated heterocycles. The van der Waals surface area contributed by atoms with Crippen LogP contribution in [-0.2, 0) is 20.9 Å². The Morgan fingerprint density at radius 3 is 2.63 bits per heavy atom. The molecule has 0 aliphatic heterocycles. The molecule has 8 nitrogen and oxygen atoms in total. The fraction of sp³-hybridized carbons (Fsp3) is 0.421. The van der Waals surface area contributed by atoms with E-state index in [9.17, 15) is 19.6 Å². The Morgan fingerprint density at radius 2 is 2.00 bits per heavy atom. The lowest BCUT2D eigenvalue weighted by Crippen LogP contribution is -2.52. The van der Waals surface area contributed by atoms with E-state index in [4.69, 9.17) is 4.74 Å². The van der Waals surface area contributed by atoms with E-state index >= 15 is 0 Å². The van der Waals surface area contributed by atoms with Crippen LogP contribution in [0.1, 0.15) is 27.7 Å². The minimum absolute atomic E-state index is 0.128. The first-order valence-corrected chi connectivity index (χ1v) is 8.55. The Labute approximate surface area is 156 Å². The van der Waals surface area contributed by atoms with E-state index in [0.717, 1.165) is 4.57 Å². The van der Waals surface area contributed by atoms with Gasteiger partial charge in [-0.2, -0.15) is 5.26 Å². The second kappa shape index (κ2) is 7.99. The molecule has 142 valence electrons. The Kier molecular flexibility index (Phi) is 5.95. The van der Waals surface area contributed by atoms with Crippen LogP contribution in [0, 0.1) is 17.2 Å². The summed E-state index contributed by atoms with van der Waals surface area (Å²) in [6.45, 7) is 6.25. The van der Waals surface area contributed by atoms with Crippen molar-refractivity contribution in [2.24, 2.45) is 5.92 Å². The molecular formula is C19H22N4O4. The summed E-state index contributed by atoms with van der Waals surface area (Å²) in [5.74, 6) is -1.46. The summed E-state index contributed by atoms with van der Waals surface area (Å²) in [6, 6.07) is 8.85. The molecule has 1 aromatic heterocycles. The highest BCUT2D eigenvalue weighted by Gasteiger charge is 2.32. The van der Waals surface area contributed by atoms with Crippen molar-refractivity contribution in [3.05, 3.63) is 40.9 Å². The average Bonchev–Trinajstić information content (AvgIpc) is 2.63. The lowest BCUT2D eigenvalue weighted by molar-refractivity contribution is -0.156. The predicted octanol–water partition coefficient (Wildman–Crippen LogP) is 1.38. The van der Waals surface area contributed by atoms with Gasteiger partial charge in [0.05, 0.1) is 23.3 Å². The average molecular weight is 370 g/mol. The molecule has 0 fully saturated rings. The molecule has 1 aromatic carbocycles. The molecule has 2 aromatic rings. The highest BCUT2D eigenvalue weighted by Crippen LogP contribution is 2.15. The molecule has 0 saturated carbocycles. The van der Waals surface area contributed by atoms with Gasteiger partial charge in [0.25, 0.3) is 11.5 Å². The van der Waals surface area contributed by atoms with E-state index in [1.165, 1.54) is 13.3 Å². The lowest BCUT2D eigenvalue weighted by atomic mass is 9.90. The molecule has 27 heavy (non-hydrogen) atoms. The smallest absolute Gasteiger partial charge is 0.326 e. The van der Waals surface area contributed by atoms with Gasteiger partial charge in [-0.3, -0.25) is 19.0 Å². The van der Waals surface area contributed by atoms with E-state index in [1.807, 2.05) is 0 Å². The summed E-state index contributed by atoms with van der Waals surface area (Å²) in [4.78, 5) is 40.9. The largest absolute Gasteiger partial charge is 0.451 e. The normalized spacial score (nSPS) is 14.2. The number of fused-ring (bicyclic) bond motifs is 1. The van der Waals surface area contributed by atoms with Gasteiger partial charge < -0.3 is 10.1 Å². The number of hydrogen-bond donors (Lipinski definition) is 1. The zero-order chi connectivity index (χ0) is 20.2. The van der Waals surface area contributed by atoms with Gasteiger partial charge in [-0.05, 0) is 31.9 Å². The monoisotopic (exact) mass is 370 g/mol. The Morgan fingerprint density at radius 1 is 1.33 bits per heavy atom. The van der Waals surface area contributed by atoms with Crippen LogP contribution in [0.3, 0.4) is 0 Å². The summed E-state index contributed by atoms with van der Waals surface area (Å²) in [5.41, 5.74) is -0.910. The molecule has 2 rings (SSSR count). The number of para-hydroxylation sites is 1. The molecule has 1 N–H and O–H groups in total. The van der Waals surface area contributed by atoms with Crippen molar-refractivity contribution in [2.45, 2.75) is 45.9 Å². The molecule has 0 aliphatic carbocycles. The molecular weight excluding hydrogens is 348 g/mol. The fourth-order valence-electron chi connectivity index (χ4n) is 2.30. The number of nitrogens with one attached hydrogen (secondary N) is 1. The topological polar surface area (TPSA) is 114 Å². The van der Waals surface area contributed by atoms with Crippen LogP contribution in [-0.4, -0.2) is 33.1 Å². The van der Waals surface area contributed by atoms with Gasteiger partial charge >= 0.3 is 5.97 Å². The number of nitriles is 1. The highest BCUT2D eigenvalue weighted by atomic mass is 16.5. The molecule has 1 amide bonds. The van der Waals surface area contributed by atoms with Gasteiger partial charge in [0, 0.05) is 0 Å². The molecule has 0 radical (unpaired) electrons. The third-order valence-corrected chi connectivity index (χ3v) is 4.48. The van der Waals surface area contributed by atoms with Crippen LogP contribution < -0.4 is 10.9 Å². The third-order valence-electron chi connectivity index (χ3n) is 4.48. The van der Waals surface area contributed by atoms with Crippen molar-refractivity contribution in [1.82, 2.24) is 14.9 Å². The number of carbonyl (C=O) groups is 2. The minimum Gasteiger partial charge on any atom is -0.451 e. The number of benzene rings is 1. The first-order valence-electron chi connectivity index (χ1n) is 8.55. The molecule has 8 heteroatoms. The van der Waals surface area contributed by atoms with Crippen LogP contribution in [0.15, 0.2) is 35.4 Å². The summed E-state index contributed by atoms with van der Waals surface area (Å²) in [5, 5.41) is 12.2. The Bertz CT molecular complexity index is 960. The fourth-order valence-corrected chi connectivity index (χ4v) is 2.30. The summed E-state index contributed by atoms with van der Waals surface area (Å²) in [7, 11) is 0. The van der Waals surface area contributed by atoms with Gasteiger partial charge in [-0.1, -0.05) is 26.0 Å². The molecule has 2 atom stereocenters. The number of ether oxygens (including phenoxy) is 1. The number of aromatic nitrogens is 2. The number of hydrogen-bond acceptors (Lipinski definition) is 6. The zero-order valence-electron chi connectivity index (χ0n) is 15.7. The SMILES string of the molecule is CC(C)[C@](C)(C#N)NC(=O)[C@@H](C)OC(=O)Cn1cnc2ccccc2c1=O. The second-order valence-electron chi connectivity index (χ2n) is 6.78. The van der Waals surface area contributed by atoms with Crippen molar-refractivity contribution >= 4 is 22.8 Å². The van der Waals surface area contributed by atoms with Gasteiger partial charge in [-0.15, -0.1) is 0 Å². The maximum absolute atomic E-state index is 12.4. The van der Waals surface area contributed by atoms with Crippen LogP contribution in [0.2, 0.25) is 0 Å². The maximum atomic E-state index is 12.4. The number of rotatable bonds is 6. The molecule has 1 heterocycles. The van der Waals surface area contributed by atoms with Crippen molar-refractivity contribution in [2.75, 3.05) is 0 Å². The van der Waals surface area contributed by atoms with Crippen LogP contribution in [0.4, 0.5) is 0 Å². The minimum atomic E-state index is -1.10. The van der Waals surface area contributed by atoms with Crippen molar-refractivity contribution < 1.29 is 14.3 Å². The first-order chi connectivity index (χ1) is 12.7. The molecule has 0 unspecified atom stereocenters. The lowest BCUT2D eigenvalue weighted by Gasteiger charge is -2.28. The Hall–Kier alpha value is -3.21. The number of esters is 1. The van der Waals surface area contributed by atoms with Crippen molar-refractivity contribution in [1.29, 1.82) is 5.26 Å². The van der Waals surface area contributed by atoms with Crippen LogP contribution in [0.5, 0.6) is 0 Å². The van der Waals surface area contributed by atoms with E-state index < -0.39 is 23.5 Å². The number of carbonyl (C=O) groups excluding carboxylic acids is 2. The molecule has 0 bridgehead atoms. The van der Waals surface area contributed by atoms with E-state index in [1.54, 1.807) is 45.0 Å². The van der Waals surface area contributed by atoms with Crippen LogP contribution in [0.25, 0.3) is 10.9 Å². The number of nitrogens with zero attached hydrogens (tertiary/aromatic N) is 3. The van der Waals surface area contributed by atoms with Gasteiger partial charge in [0.15, 0.2) is 6.10 Å². The summed E-state index contributed by atoms with van der Waals surface area (Å²) < 4.78 is 6.23. The van der Waals surface area contributed by atoms with E-state index in [-0.39, 0.29) is 18.0 Å². The zero-order valence-corrected chi connectivity index (χ0v) is 15.7. The van der Waals surface area contributed by atoms with E-state index in [2.05, 4.69) is 16.4 Å². The van der Waals surface area contributed by atoms with Gasteiger partial charge in [0.2, 0.25) is 0 Å². The van der Waals surface area contributed by atoms with E-state index in [0.29, 0.717) is 10.9 Å². The predicted molar refractivity (Wildman–Crippen MR) is 98.6 cm³/mol. The Balaban J connectivity index is 2.05. The van der Waals surface area contributed by atoms with Crippen molar-refractivity contribution in [3.63, 3.8) is 0 Å². The van der Waals surface area contributed by atoms with Crippen LogP contribution >= 0.6 is 0 Å². The highest BCUT2D eigenvalue weighted by molar-refractivity contribution is 5.84.